The maximum absolute atomic E-state index is 12.6. The molecule has 1 saturated heterocycles. The number of nitrogens with zero attached hydrogens (tertiary/aromatic N) is 2. The summed E-state index contributed by atoms with van der Waals surface area (Å²) in [5, 5.41) is 0. The monoisotopic (exact) mass is 280 g/mol. The quantitative estimate of drug-likeness (QED) is 0.794. The molecular formula is C15H24N2O3. The highest BCUT2D eigenvalue weighted by molar-refractivity contribution is 5.79. The second-order valence-corrected chi connectivity index (χ2v) is 5.56. The molecule has 20 heavy (non-hydrogen) atoms. The standard InChI is InChI=1S/C15H24N2O3/c1-16(2)7-8-17(11-14-6-4-10-20-14)15(18)13-5-3-9-19-12-13/h4,6,10,13H,3,5,7-9,11-12H2,1-2H3/t13-/m0/s1. The summed E-state index contributed by atoms with van der Waals surface area (Å²) >= 11 is 0. The van der Waals surface area contributed by atoms with E-state index in [0.717, 1.165) is 31.8 Å². The van der Waals surface area contributed by atoms with E-state index < -0.39 is 0 Å². The van der Waals surface area contributed by atoms with Gasteiger partial charge in [0.05, 0.1) is 25.3 Å². The molecular weight excluding hydrogens is 256 g/mol. The van der Waals surface area contributed by atoms with Gasteiger partial charge in [-0.05, 0) is 39.1 Å². The predicted molar refractivity (Wildman–Crippen MR) is 76.2 cm³/mol. The van der Waals surface area contributed by atoms with Crippen LogP contribution in [0.5, 0.6) is 0 Å². The maximum Gasteiger partial charge on any atom is 0.228 e. The molecule has 0 spiro atoms. The van der Waals surface area contributed by atoms with Crippen molar-refractivity contribution in [2.75, 3.05) is 40.4 Å². The molecule has 1 fully saturated rings. The average Bonchev–Trinajstić information content (AvgIpc) is 2.96. The van der Waals surface area contributed by atoms with Gasteiger partial charge in [0.1, 0.15) is 5.76 Å². The first-order valence-electron chi connectivity index (χ1n) is 7.20. The van der Waals surface area contributed by atoms with Crippen LogP contribution < -0.4 is 0 Å². The maximum atomic E-state index is 12.6. The molecule has 2 rings (SSSR count). The molecule has 112 valence electrons. The minimum absolute atomic E-state index is 0.000810. The summed E-state index contributed by atoms with van der Waals surface area (Å²) in [7, 11) is 4.03. The number of likely N-dealkylation sites (N-methyl/N-ethyl adjacent to an activating group) is 1. The second-order valence-electron chi connectivity index (χ2n) is 5.56. The summed E-state index contributed by atoms with van der Waals surface area (Å²) in [6.07, 6.45) is 3.54. The van der Waals surface area contributed by atoms with E-state index in [4.69, 9.17) is 9.15 Å². The Morgan fingerprint density at radius 3 is 2.85 bits per heavy atom. The van der Waals surface area contributed by atoms with Crippen molar-refractivity contribution in [1.29, 1.82) is 0 Å². The molecule has 0 N–H and O–H groups in total. The van der Waals surface area contributed by atoms with Crippen molar-refractivity contribution in [2.45, 2.75) is 19.4 Å². The van der Waals surface area contributed by atoms with E-state index in [1.54, 1.807) is 6.26 Å². The first-order valence-corrected chi connectivity index (χ1v) is 7.20. The van der Waals surface area contributed by atoms with Crippen LogP contribution in [0.25, 0.3) is 0 Å². The van der Waals surface area contributed by atoms with Crippen LogP contribution in [0.2, 0.25) is 0 Å². The van der Waals surface area contributed by atoms with Crippen LogP contribution in [0, 0.1) is 5.92 Å². The van der Waals surface area contributed by atoms with Gasteiger partial charge in [-0.1, -0.05) is 0 Å². The SMILES string of the molecule is CN(C)CCN(Cc1ccco1)C(=O)[C@H]1CCCOC1. The molecule has 5 nitrogen and oxygen atoms in total. The van der Waals surface area contributed by atoms with E-state index in [-0.39, 0.29) is 11.8 Å². The van der Waals surface area contributed by atoms with Gasteiger partial charge < -0.3 is 19.0 Å². The highest BCUT2D eigenvalue weighted by Gasteiger charge is 2.27. The zero-order chi connectivity index (χ0) is 14.4. The molecule has 1 aliphatic heterocycles. The van der Waals surface area contributed by atoms with Gasteiger partial charge in [-0.15, -0.1) is 0 Å². The van der Waals surface area contributed by atoms with Crippen molar-refractivity contribution in [3.63, 3.8) is 0 Å². The number of furan rings is 1. The van der Waals surface area contributed by atoms with Crippen molar-refractivity contribution in [3.05, 3.63) is 24.2 Å². The van der Waals surface area contributed by atoms with Gasteiger partial charge in [-0.3, -0.25) is 4.79 Å². The number of rotatable bonds is 6. The van der Waals surface area contributed by atoms with Gasteiger partial charge in [0.15, 0.2) is 0 Å². The largest absolute Gasteiger partial charge is 0.467 e. The van der Waals surface area contributed by atoms with Gasteiger partial charge in [0.25, 0.3) is 0 Å². The summed E-state index contributed by atoms with van der Waals surface area (Å²) < 4.78 is 10.8. The Morgan fingerprint density at radius 2 is 2.25 bits per heavy atom. The number of hydrogen-bond donors (Lipinski definition) is 0. The Labute approximate surface area is 120 Å². The minimum atomic E-state index is 0.000810. The van der Waals surface area contributed by atoms with Crippen LogP contribution >= 0.6 is 0 Å². The van der Waals surface area contributed by atoms with Crippen LogP contribution in [0.4, 0.5) is 0 Å². The molecule has 1 aromatic heterocycles. The molecule has 0 aliphatic carbocycles. The topological polar surface area (TPSA) is 45.9 Å². The summed E-state index contributed by atoms with van der Waals surface area (Å²) in [4.78, 5) is 16.6. The fourth-order valence-electron chi connectivity index (χ4n) is 2.37. The van der Waals surface area contributed by atoms with Crippen LogP contribution in [-0.2, 0) is 16.1 Å². The minimum Gasteiger partial charge on any atom is -0.467 e. The summed E-state index contributed by atoms with van der Waals surface area (Å²) in [5.74, 6) is 1.01. The Kier molecular flexibility index (Phi) is 5.61. The van der Waals surface area contributed by atoms with Gasteiger partial charge in [0, 0.05) is 19.7 Å². The molecule has 0 radical (unpaired) electrons. The Hall–Kier alpha value is -1.33. The van der Waals surface area contributed by atoms with Crippen molar-refractivity contribution < 1.29 is 13.9 Å². The lowest BCUT2D eigenvalue weighted by Crippen LogP contribution is -2.42. The number of ether oxygens (including phenoxy) is 1. The molecule has 2 heterocycles. The second kappa shape index (κ2) is 7.45. The average molecular weight is 280 g/mol. The van der Waals surface area contributed by atoms with Crippen molar-refractivity contribution >= 4 is 5.91 Å². The lowest BCUT2D eigenvalue weighted by Gasteiger charge is -2.29. The molecule has 1 amide bonds. The number of amides is 1. The molecule has 1 aromatic rings. The normalized spacial score (nSPS) is 19.2. The third-order valence-electron chi connectivity index (χ3n) is 3.57. The van der Waals surface area contributed by atoms with Crippen molar-refractivity contribution in [3.8, 4) is 0 Å². The van der Waals surface area contributed by atoms with Gasteiger partial charge >= 0.3 is 0 Å². The van der Waals surface area contributed by atoms with Gasteiger partial charge in [-0.25, -0.2) is 0 Å². The van der Waals surface area contributed by atoms with Crippen LogP contribution in [-0.4, -0.2) is 56.1 Å². The van der Waals surface area contributed by atoms with E-state index in [0.29, 0.717) is 19.7 Å². The molecule has 0 bridgehead atoms. The van der Waals surface area contributed by atoms with Crippen molar-refractivity contribution in [2.24, 2.45) is 5.92 Å². The Balaban J connectivity index is 1.98. The number of carbonyl (C=O) groups excluding carboxylic acids is 1. The van der Waals surface area contributed by atoms with Gasteiger partial charge in [0.2, 0.25) is 5.91 Å². The van der Waals surface area contributed by atoms with E-state index in [9.17, 15) is 4.79 Å². The zero-order valence-corrected chi connectivity index (χ0v) is 12.4. The number of hydrogen-bond acceptors (Lipinski definition) is 4. The highest BCUT2D eigenvalue weighted by atomic mass is 16.5. The van der Waals surface area contributed by atoms with Crippen molar-refractivity contribution in [1.82, 2.24) is 9.80 Å². The van der Waals surface area contributed by atoms with E-state index in [2.05, 4.69) is 4.90 Å². The van der Waals surface area contributed by atoms with Gasteiger partial charge in [-0.2, -0.15) is 0 Å². The van der Waals surface area contributed by atoms with Crippen LogP contribution in [0.1, 0.15) is 18.6 Å². The summed E-state index contributed by atoms with van der Waals surface area (Å²) in [5.41, 5.74) is 0. The third-order valence-corrected chi connectivity index (χ3v) is 3.57. The van der Waals surface area contributed by atoms with Crippen LogP contribution in [0.3, 0.4) is 0 Å². The molecule has 5 heteroatoms. The fourth-order valence-corrected chi connectivity index (χ4v) is 2.37. The Bertz CT molecular complexity index is 397. The van der Waals surface area contributed by atoms with E-state index >= 15 is 0 Å². The molecule has 0 unspecified atom stereocenters. The summed E-state index contributed by atoms with van der Waals surface area (Å²) in [6, 6.07) is 3.76. The molecule has 0 aromatic carbocycles. The fraction of sp³-hybridized carbons (Fsp3) is 0.667. The zero-order valence-electron chi connectivity index (χ0n) is 12.4. The molecule has 1 aliphatic rings. The predicted octanol–water partition coefficient (Wildman–Crippen LogP) is 1.60. The Morgan fingerprint density at radius 1 is 1.40 bits per heavy atom. The van der Waals surface area contributed by atoms with E-state index in [1.807, 2.05) is 31.1 Å². The smallest absolute Gasteiger partial charge is 0.228 e. The van der Waals surface area contributed by atoms with Crippen LogP contribution in [0.15, 0.2) is 22.8 Å². The summed E-state index contributed by atoms with van der Waals surface area (Å²) in [6.45, 7) is 3.42. The lowest BCUT2D eigenvalue weighted by molar-refractivity contribution is -0.140. The number of carbonyl (C=O) groups is 1. The molecule has 1 atom stereocenters. The third kappa shape index (κ3) is 4.35. The first kappa shape index (κ1) is 15.1. The highest BCUT2D eigenvalue weighted by Crippen LogP contribution is 2.18. The molecule has 0 saturated carbocycles. The lowest BCUT2D eigenvalue weighted by atomic mass is 10.0. The first-order chi connectivity index (χ1) is 9.66. The van der Waals surface area contributed by atoms with E-state index in [1.165, 1.54) is 0 Å².